The molecule has 0 spiro atoms. The molecule has 6 heteroatoms. The Labute approximate surface area is 158 Å². The van der Waals surface area contributed by atoms with Crippen molar-refractivity contribution in [1.82, 2.24) is 4.90 Å². The summed E-state index contributed by atoms with van der Waals surface area (Å²) in [6.45, 7) is 2.00. The van der Waals surface area contributed by atoms with Crippen LogP contribution in [0.2, 0.25) is 0 Å². The van der Waals surface area contributed by atoms with E-state index >= 15 is 0 Å². The molecule has 138 valence electrons. The fraction of sp³-hybridized carbons (Fsp3) is 0.350. The molecule has 0 aromatic heterocycles. The Hall–Kier alpha value is -2.18. The van der Waals surface area contributed by atoms with E-state index in [1.165, 1.54) is 6.07 Å². The zero-order chi connectivity index (χ0) is 18.4. The molecule has 3 rings (SSSR count). The van der Waals surface area contributed by atoms with Crippen LogP contribution in [-0.4, -0.2) is 36.4 Å². The molecule has 1 saturated heterocycles. The van der Waals surface area contributed by atoms with Gasteiger partial charge in [-0.3, -0.25) is 0 Å². The van der Waals surface area contributed by atoms with Crippen LogP contribution in [0.25, 0.3) is 0 Å². The SMILES string of the molecule is COc1ccc(NC(=S)N(Cc2cccc(F)c2)CC2CCCO2)cc1. The van der Waals surface area contributed by atoms with Crippen molar-refractivity contribution in [3.63, 3.8) is 0 Å². The number of thiocarbonyl (C=S) groups is 1. The summed E-state index contributed by atoms with van der Waals surface area (Å²) in [7, 11) is 1.63. The largest absolute Gasteiger partial charge is 0.497 e. The molecule has 1 N–H and O–H groups in total. The second-order valence-corrected chi connectivity index (χ2v) is 6.69. The quantitative estimate of drug-likeness (QED) is 0.766. The van der Waals surface area contributed by atoms with E-state index in [1.807, 2.05) is 35.2 Å². The molecule has 1 unspecified atom stereocenters. The minimum absolute atomic E-state index is 0.152. The minimum atomic E-state index is -0.242. The van der Waals surface area contributed by atoms with Crippen LogP contribution in [0.4, 0.5) is 10.1 Å². The fourth-order valence-corrected chi connectivity index (χ4v) is 3.24. The number of nitrogens with one attached hydrogen (secondary N) is 1. The first kappa shape index (κ1) is 18.6. The van der Waals surface area contributed by atoms with E-state index in [0.717, 1.165) is 36.4 Å². The summed E-state index contributed by atoms with van der Waals surface area (Å²) in [6, 6.07) is 14.2. The highest BCUT2D eigenvalue weighted by Crippen LogP contribution is 2.19. The van der Waals surface area contributed by atoms with Gasteiger partial charge in [0, 0.05) is 25.4 Å². The standard InChI is InChI=1S/C20H23FN2O2S/c1-24-18-9-7-17(8-10-18)22-20(26)23(14-19-6-3-11-25-19)13-15-4-2-5-16(21)12-15/h2,4-5,7-10,12,19H,3,6,11,13-14H2,1H3,(H,22,26). The molecule has 1 aliphatic rings. The second kappa shape index (κ2) is 8.96. The van der Waals surface area contributed by atoms with Crippen LogP contribution in [0.15, 0.2) is 48.5 Å². The second-order valence-electron chi connectivity index (χ2n) is 6.30. The maximum Gasteiger partial charge on any atom is 0.173 e. The van der Waals surface area contributed by atoms with Crippen molar-refractivity contribution in [1.29, 1.82) is 0 Å². The maximum absolute atomic E-state index is 13.5. The summed E-state index contributed by atoms with van der Waals surface area (Å²) >= 11 is 5.62. The number of nitrogens with zero attached hydrogens (tertiary/aromatic N) is 1. The molecule has 1 aliphatic heterocycles. The number of hydrogen-bond acceptors (Lipinski definition) is 3. The highest BCUT2D eigenvalue weighted by atomic mass is 32.1. The van der Waals surface area contributed by atoms with E-state index in [0.29, 0.717) is 18.2 Å². The molecule has 1 heterocycles. The topological polar surface area (TPSA) is 33.7 Å². The van der Waals surface area contributed by atoms with Gasteiger partial charge in [0.05, 0.1) is 13.2 Å². The van der Waals surface area contributed by atoms with E-state index < -0.39 is 0 Å². The molecule has 0 bridgehead atoms. The molecule has 26 heavy (non-hydrogen) atoms. The third-order valence-corrected chi connectivity index (χ3v) is 4.70. The summed E-state index contributed by atoms with van der Waals surface area (Å²) in [5, 5.41) is 3.85. The van der Waals surface area contributed by atoms with Crippen LogP contribution < -0.4 is 10.1 Å². The third-order valence-electron chi connectivity index (χ3n) is 4.34. The number of benzene rings is 2. The van der Waals surface area contributed by atoms with Crippen LogP contribution in [-0.2, 0) is 11.3 Å². The summed E-state index contributed by atoms with van der Waals surface area (Å²) in [5.41, 5.74) is 1.76. The van der Waals surface area contributed by atoms with Gasteiger partial charge in [-0.2, -0.15) is 0 Å². The molecule has 0 saturated carbocycles. The molecule has 2 aromatic carbocycles. The van der Waals surface area contributed by atoms with Gasteiger partial charge in [-0.15, -0.1) is 0 Å². The van der Waals surface area contributed by atoms with Crippen molar-refractivity contribution < 1.29 is 13.9 Å². The molecule has 2 aromatic rings. The monoisotopic (exact) mass is 374 g/mol. The van der Waals surface area contributed by atoms with Crippen molar-refractivity contribution >= 4 is 23.0 Å². The number of halogens is 1. The molecule has 0 amide bonds. The number of hydrogen-bond donors (Lipinski definition) is 1. The van der Waals surface area contributed by atoms with Crippen LogP contribution in [0.3, 0.4) is 0 Å². The first-order valence-corrected chi connectivity index (χ1v) is 9.11. The lowest BCUT2D eigenvalue weighted by Crippen LogP contribution is -2.39. The van der Waals surface area contributed by atoms with Gasteiger partial charge < -0.3 is 19.7 Å². The van der Waals surface area contributed by atoms with Crippen molar-refractivity contribution in [2.45, 2.75) is 25.5 Å². The molecule has 0 radical (unpaired) electrons. The lowest BCUT2D eigenvalue weighted by atomic mass is 10.2. The van der Waals surface area contributed by atoms with Crippen LogP contribution >= 0.6 is 12.2 Å². The smallest absolute Gasteiger partial charge is 0.173 e. The summed E-state index contributed by atoms with van der Waals surface area (Å²) in [5.74, 6) is 0.547. The lowest BCUT2D eigenvalue weighted by Gasteiger charge is -2.28. The van der Waals surface area contributed by atoms with Gasteiger partial charge in [-0.1, -0.05) is 12.1 Å². The summed E-state index contributed by atoms with van der Waals surface area (Å²) in [6.07, 6.45) is 2.24. The van der Waals surface area contributed by atoms with Gasteiger partial charge in [-0.25, -0.2) is 4.39 Å². The van der Waals surface area contributed by atoms with E-state index in [4.69, 9.17) is 21.7 Å². The Morgan fingerprint density at radius 2 is 2.12 bits per heavy atom. The average Bonchev–Trinajstić information content (AvgIpc) is 3.15. The minimum Gasteiger partial charge on any atom is -0.497 e. The molecule has 0 aliphatic carbocycles. The Morgan fingerprint density at radius 3 is 2.77 bits per heavy atom. The molecule has 1 fully saturated rings. The van der Waals surface area contributed by atoms with Gasteiger partial charge in [0.1, 0.15) is 11.6 Å². The van der Waals surface area contributed by atoms with Crippen molar-refractivity contribution in [2.24, 2.45) is 0 Å². The van der Waals surface area contributed by atoms with E-state index in [9.17, 15) is 4.39 Å². The maximum atomic E-state index is 13.5. The Bertz CT molecular complexity index is 733. The molecule has 1 atom stereocenters. The molecule has 4 nitrogen and oxygen atoms in total. The number of ether oxygens (including phenoxy) is 2. The van der Waals surface area contributed by atoms with Crippen LogP contribution in [0.5, 0.6) is 5.75 Å². The van der Waals surface area contributed by atoms with Gasteiger partial charge in [0.25, 0.3) is 0 Å². The van der Waals surface area contributed by atoms with E-state index in [2.05, 4.69) is 5.32 Å². The number of rotatable bonds is 6. The Morgan fingerprint density at radius 1 is 1.31 bits per heavy atom. The highest BCUT2D eigenvalue weighted by molar-refractivity contribution is 7.80. The number of anilines is 1. The van der Waals surface area contributed by atoms with Gasteiger partial charge in [0.2, 0.25) is 0 Å². The first-order chi connectivity index (χ1) is 12.6. The van der Waals surface area contributed by atoms with Gasteiger partial charge in [-0.05, 0) is 67.0 Å². The predicted octanol–water partition coefficient (Wildman–Crippen LogP) is 4.21. The van der Waals surface area contributed by atoms with E-state index in [-0.39, 0.29) is 11.9 Å². The van der Waals surface area contributed by atoms with Crippen LogP contribution in [0, 0.1) is 5.82 Å². The van der Waals surface area contributed by atoms with Crippen molar-refractivity contribution in [3.8, 4) is 5.75 Å². The van der Waals surface area contributed by atoms with Gasteiger partial charge >= 0.3 is 0 Å². The van der Waals surface area contributed by atoms with E-state index in [1.54, 1.807) is 19.2 Å². The molecular formula is C20H23FN2O2S. The highest BCUT2D eigenvalue weighted by Gasteiger charge is 2.21. The zero-order valence-electron chi connectivity index (χ0n) is 14.8. The average molecular weight is 374 g/mol. The first-order valence-electron chi connectivity index (χ1n) is 8.70. The Kier molecular flexibility index (Phi) is 6.41. The fourth-order valence-electron chi connectivity index (χ4n) is 2.99. The zero-order valence-corrected chi connectivity index (χ0v) is 15.6. The lowest BCUT2D eigenvalue weighted by molar-refractivity contribution is 0.0905. The predicted molar refractivity (Wildman–Crippen MR) is 105 cm³/mol. The summed E-state index contributed by atoms with van der Waals surface area (Å²) < 4.78 is 24.5. The normalized spacial score (nSPS) is 16.3. The number of methoxy groups -OCH3 is 1. The van der Waals surface area contributed by atoms with Crippen molar-refractivity contribution in [2.75, 3.05) is 25.6 Å². The van der Waals surface area contributed by atoms with Crippen LogP contribution in [0.1, 0.15) is 18.4 Å². The summed E-state index contributed by atoms with van der Waals surface area (Å²) in [4.78, 5) is 2.03. The molecular weight excluding hydrogens is 351 g/mol. The van der Waals surface area contributed by atoms with Crippen molar-refractivity contribution in [3.05, 3.63) is 59.9 Å². The van der Waals surface area contributed by atoms with Gasteiger partial charge in [0.15, 0.2) is 5.11 Å². The third kappa shape index (κ3) is 5.16. The Balaban J connectivity index is 1.70.